The van der Waals surface area contributed by atoms with Gasteiger partial charge in [0.2, 0.25) is 0 Å². The molecule has 5 rings (SSSR count). The Bertz CT molecular complexity index is 1290. The molecular weight excluding hydrogens is 414 g/mol. The summed E-state index contributed by atoms with van der Waals surface area (Å²) >= 11 is 0. The second-order valence-corrected chi connectivity index (χ2v) is 7.44. The Morgan fingerprint density at radius 2 is 1.62 bits per heavy atom. The molecule has 0 aliphatic carbocycles. The number of hydrogen-bond acceptors (Lipinski definition) is 4. The van der Waals surface area contributed by atoms with Crippen LogP contribution in [0.4, 0.5) is 14.5 Å². The molecule has 1 aromatic heterocycles. The number of para-hydroxylation sites is 1. The van der Waals surface area contributed by atoms with E-state index >= 15 is 0 Å². The van der Waals surface area contributed by atoms with E-state index < -0.39 is 23.7 Å². The minimum atomic E-state index is -0.938. The summed E-state index contributed by atoms with van der Waals surface area (Å²) in [7, 11) is 0. The average molecular weight is 432 g/mol. The van der Waals surface area contributed by atoms with Crippen molar-refractivity contribution in [1.29, 1.82) is 0 Å². The molecule has 4 aromatic rings. The van der Waals surface area contributed by atoms with Crippen molar-refractivity contribution in [3.05, 3.63) is 107 Å². The van der Waals surface area contributed by atoms with Crippen LogP contribution < -0.4 is 5.32 Å². The summed E-state index contributed by atoms with van der Waals surface area (Å²) in [6.45, 7) is -0.152. The van der Waals surface area contributed by atoms with E-state index in [4.69, 9.17) is 0 Å². The molecule has 2 heterocycles. The van der Waals surface area contributed by atoms with Crippen LogP contribution in [0.1, 0.15) is 27.7 Å². The first-order valence-corrected chi connectivity index (χ1v) is 9.96. The Morgan fingerprint density at radius 3 is 2.38 bits per heavy atom. The van der Waals surface area contributed by atoms with Crippen LogP contribution >= 0.6 is 0 Å². The lowest BCUT2D eigenvalue weighted by Crippen LogP contribution is -2.40. The highest BCUT2D eigenvalue weighted by Crippen LogP contribution is 2.36. The smallest absolute Gasteiger partial charge is 0.281 e. The number of hydrogen-bond donors (Lipinski definition) is 2. The number of rotatable bonds is 4. The number of nitrogens with one attached hydrogen (secondary N) is 1. The maximum Gasteiger partial charge on any atom is 0.281 e. The largest absolute Gasteiger partial charge is 0.359 e. The van der Waals surface area contributed by atoms with Gasteiger partial charge in [0.15, 0.2) is 6.17 Å². The molecule has 0 radical (unpaired) electrons. The minimum Gasteiger partial charge on any atom is -0.359 e. The molecule has 2 N–H and O–H groups in total. The van der Waals surface area contributed by atoms with Crippen molar-refractivity contribution >= 4 is 11.6 Å². The molecule has 0 spiro atoms. The van der Waals surface area contributed by atoms with Crippen LogP contribution in [-0.4, -0.2) is 26.0 Å². The standard InChI is InChI=1S/C24H18F2N4O2/c25-19-10-6-11-20(26)17(19)13-29-14-18(22(28-29)15-7-2-1-3-8-15)23-27-21-12-5-4-9-16(21)24(31)30(23)32/h1-12,14,23,27,32H,13H2/t23-/m0/s1. The molecule has 160 valence electrons. The van der Waals surface area contributed by atoms with Gasteiger partial charge >= 0.3 is 0 Å². The normalized spacial score (nSPS) is 15.4. The van der Waals surface area contributed by atoms with Gasteiger partial charge in [0.05, 0.1) is 17.8 Å². The van der Waals surface area contributed by atoms with Gasteiger partial charge in [-0.25, -0.2) is 8.78 Å². The third kappa shape index (κ3) is 3.40. The maximum atomic E-state index is 14.2. The summed E-state index contributed by atoms with van der Waals surface area (Å²) in [6, 6.07) is 19.7. The first kappa shape index (κ1) is 19.9. The molecule has 1 aliphatic heterocycles. The predicted octanol–water partition coefficient (Wildman–Crippen LogP) is 4.83. The first-order valence-electron chi connectivity index (χ1n) is 9.96. The average Bonchev–Trinajstić information content (AvgIpc) is 3.23. The van der Waals surface area contributed by atoms with Gasteiger partial charge < -0.3 is 5.32 Å². The number of amides is 1. The van der Waals surface area contributed by atoms with Crippen molar-refractivity contribution in [3.63, 3.8) is 0 Å². The molecule has 0 saturated carbocycles. The number of carbonyl (C=O) groups is 1. The molecule has 1 aliphatic rings. The molecule has 1 amide bonds. The van der Waals surface area contributed by atoms with Crippen molar-refractivity contribution in [2.75, 3.05) is 5.32 Å². The first-order chi connectivity index (χ1) is 15.5. The molecular formula is C24H18F2N4O2. The molecule has 1 atom stereocenters. The molecule has 0 unspecified atom stereocenters. The predicted molar refractivity (Wildman–Crippen MR) is 114 cm³/mol. The van der Waals surface area contributed by atoms with Crippen LogP contribution in [0.15, 0.2) is 79.0 Å². The SMILES string of the molecule is O=C1c2ccccc2N[C@H](c2cn(Cc3c(F)cccc3F)nc2-c2ccccc2)N1O. The van der Waals surface area contributed by atoms with Gasteiger partial charge in [-0.05, 0) is 24.3 Å². The van der Waals surface area contributed by atoms with Crippen molar-refractivity contribution < 1.29 is 18.8 Å². The highest BCUT2D eigenvalue weighted by Gasteiger charge is 2.35. The lowest BCUT2D eigenvalue weighted by Gasteiger charge is -2.33. The summed E-state index contributed by atoms with van der Waals surface area (Å²) in [5.74, 6) is -1.91. The molecule has 0 saturated heterocycles. The fourth-order valence-corrected chi connectivity index (χ4v) is 3.84. The van der Waals surface area contributed by atoms with Gasteiger partial charge in [-0.15, -0.1) is 0 Å². The monoisotopic (exact) mass is 432 g/mol. The van der Waals surface area contributed by atoms with Crippen LogP contribution in [0.5, 0.6) is 0 Å². The van der Waals surface area contributed by atoms with E-state index in [9.17, 15) is 18.8 Å². The number of nitrogens with zero attached hydrogens (tertiary/aromatic N) is 3. The Labute approximate surface area is 182 Å². The molecule has 8 heteroatoms. The van der Waals surface area contributed by atoms with E-state index in [-0.39, 0.29) is 12.1 Å². The number of carbonyl (C=O) groups excluding carboxylic acids is 1. The maximum absolute atomic E-state index is 14.2. The lowest BCUT2D eigenvalue weighted by molar-refractivity contribution is -0.0850. The number of halogens is 2. The fourth-order valence-electron chi connectivity index (χ4n) is 3.84. The summed E-state index contributed by atoms with van der Waals surface area (Å²) in [5, 5.41) is 19.0. The quantitative estimate of drug-likeness (QED) is 0.453. The van der Waals surface area contributed by atoms with E-state index in [1.54, 1.807) is 30.5 Å². The Morgan fingerprint density at radius 1 is 0.938 bits per heavy atom. The lowest BCUT2D eigenvalue weighted by atomic mass is 10.0. The summed E-state index contributed by atoms with van der Waals surface area (Å²) < 4.78 is 29.8. The minimum absolute atomic E-state index is 0.125. The van der Waals surface area contributed by atoms with Crippen LogP contribution in [0.3, 0.4) is 0 Å². The van der Waals surface area contributed by atoms with Crippen LogP contribution in [-0.2, 0) is 6.54 Å². The second-order valence-electron chi connectivity index (χ2n) is 7.44. The fraction of sp³-hybridized carbons (Fsp3) is 0.0833. The number of aromatic nitrogens is 2. The summed E-state index contributed by atoms with van der Waals surface area (Å²) in [4.78, 5) is 12.7. The van der Waals surface area contributed by atoms with E-state index in [1.807, 2.05) is 30.3 Å². The second kappa shape index (κ2) is 7.90. The number of fused-ring (bicyclic) bond motifs is 1. The third-order valence-electron chi connectivity index (χ3n) is 5.42. The highest BCUT2D eigenvalue weighted by molar-refractivity contribution is 6.01. The molecule has 6 nitrogen and oxygen atoms in total. The van der Waals surface area contributed by atoms with Crippen molar-refractivity contribution in [2.24, 2.45) is 0 Å². The zero-order valence-corrected chi connectivity index (χ0v) is 16.7. The Hall–Kier alpha value is -4.04. The molecule has 0 bridgehead atoms. The van der Waals surface area contributed by atoms with Crippen molar-refractivity contribution in [2.45, 2.75) is 12.7 Å². The van der Waals surface area contributed by atoms with Crippen molar-refractivity contribution in [1.82, 2.24) is 14.8 Å². The van der Waals surface area contributed by atoms with E-state index in [1.165, 1.54) is 22.9 Å². The van der Waals surface area contributed by atoms with Gasteiger partial charge in [-0.1, -0.05) is 48.5 Å². The van der Waals surface area contributed by atoms with Gasteiger partial charge in [-0.2, -0.15) is 10.2 Å². The zero-order valence-electron chi connectivity index (χ0n) is 16.7. The Kier molecular flexibility index (Phi) is 4.91. The third-order valence-corrected chi connectivity index (χ3v) is 5.42. The number of hydroxylamine groups is 2. The summed E-state index contributed by atoms with van der Waals surface area (Å²) in [5.41, 5.74) is 2.48. The number of anilines is 1. The van der Waals surface area contributed by atoms with Crippen LogP contribution in [0, 0.1) is 11.6 Å². The van der Waals surface area contributed by atoms with E-state index in [2.05, 4.69) is 10.4 Å². The van der Waals surface area contributed by atoms with E-state index in [0.717, 1.165) is 5.56 Å². The Balaban J connectivity index is 1.61. The van der Waals surface area contributed by atoms with E-state index in [0.29, 0.717) is 27.6 Å². The highest BCUT2D eigenvalue weighted by atomic mass is 19.1. The van der Waals surface area contributed by atoms with Gasteiger partial charge in [0, 0.05) is 28.6 Å². The number of benzene rings is 3. The summed E-state index contributed by atoms with van der Waals surface area (Å²) in [6.07, 6.45) is 0.642. The molecule has 0 fully saturated rings. The van der Waals surface area contributed by atoms with Gasteiger partial charge in [0.25, 0.3) is 5.91 Å². The van der Waals surface area contributed by atoms with Gasteiger partial charge in [-0.3, -0.25) is 14.7 Å². The van der Waals surface area contributed by atoms with Crippen LogP contribution in [0.25, 0.3) is 11.3 Å². The molecule has 32 heavy (non-hydrogen) atoms. The van der Waals surface area contributed by atoms with Crippen LogP contribution in [0.2, 0.25) is 0 Å². The van der Waals surface area contributed by atoms with Crippen molar-refractivity contribution in [3.8, 4) is 11.3 Å². The zero-order chi connectivity index (χ0) is 22.2. The molecule has 3 aromatic carbocycles. The topological polar surface area (TPSA) is 70.4 Å². The van der Waals surface area contributed by atoms with Gasteiger partial charge in [0.1, 0.15) is 11.6 Å².